The molecule has 0 atom stereocenters. The average Bonchev–Trinajstić information content (AvgIpc) is 2.29. The Morgan fingerprint density at radius 3 is 2.65 bits per heavy atom. The molecular formula is C13H20N2O2. The van der Waals surface area contributed by atoms with E-state index < -0.39 is 0 Å². The molecule has 4 nitrogen and oxygen atoms in total. The van der Waals surface area contributed by atoms with E-state index >= 15 is 0 Å². The molecule has 0 saturated heterocycles. The molecule has 0 radical (unpaired) electrons. The third-order valence-electron chi connectivity index (χ3n) is 2.04. The van der Waals surface area contributed by atoms with Gasteiger partial charge in [-0.3, -0.25) is 0 Å². The van der Waals surface area contributed by atoms with Crippen molar-refractivity contribution in [1.82, 2.24) is 10.6 Å². The Labute approximate surface area is 102 Å². The Morgan fingerprint density at radius 1 is 1.29 bits per heavy atom. The van der Waals surface area contributed by atoms with Crippen molar-refractivity contribution in [3.63, 3.8) is 0 Å². The summed E-state index contributed by atoms with van der Waals surface area (Å²) in [6.07, 6.45) is 0.792. The van der Waals surface area contributed by atoms with Gasteiger partial charge in [0.15, 0.2) is 0 Å². The van der Waals surface area contributed by atoms with Gasteiger partial charge in [-0.25, -0.2) is 4.79 Å². The number of urea groups is 1. The second-order valence-electron chi connectivity index (χ2n) is 4.07. The van der Waals surface area contributed by atoms with Gasteiger partial charge in [-0.2, -0.15) is 0 Å². The zero-order valence-corrected chi connectivity index (χ0v) is 10.4. The van der Waals surface area contributed by atoms with Gasteiger partial charge >= 0.3 is 6.03 Å². The molecule has 1 aromatic rings. The van der Waals surface area contributed by atoms with Crippen LogP contribution in [0.15, 0.2) is 30.3 Å². The van der Waals surface area contributed by atoms with Crippen molar-refractivity contribution in [2.24, 2.45) is 0 Å². The van der Waals surface area contributed by atoms with Crippen molar-refractivity contribution >= 4 is 6.03 Å². The smallest absolute Gasteiger partial charge is 0.314 e. The second kappa shape index (κ2) is 7.54. The molecule has 0 fully saturated rings. The van der Waals surface area contributed by atoms with E-state index in [-0.39, 0.29) is 12.1 Å². The van der Waals surface area contributed by atoms with E-state index in [0.29, 0.717) is 13.2 Å². The first-order valence-electron chi connectivity index (χ1n) is 5.90. The first kappa shape index (κ1) is 13.4. The highest BCUT2D eigenvalue weighted by Crippen LogP contribution is 2.07. The maximum atomic E-state index is 11.2. The van der Waals surface area contributed by atoms with Crippen LogP contribution in [-0.4, -0.2) is 25.2 Å². The van der Waals surface area contributed by atoms with Gasteiger partial charge in [0.25, 0.3) is 0 Å². The summed E-state index contributed by atoms with van der Waals surface area (Å²) in [5.41, 5.74) is 0. The molecule has 0 aliphatic carbocycles. The van der Waals surface area contributed by atoms with Crippen LogP contribution in [0.5, 0.6) is 5.75 Å². The lowest BCUT2D eigenvalue weighted by Gasteiger charge is -2.10. The summed E-state index contributed by atoms with van der Waals surface area (Å²) in [5.74, 6) is 0.860. The first-order chi connectivity index (χ1) is 8.18. The van der Waals surface area contributed by atoms with Crippen molar-refractivity contribution in [3.8, 4) is 5.75 Å². The Kier molecular flexibility index (Phi) is 5.93. The van der Waals surface area contributed by atoms with Crippen LogP contribution in [-0.2, 0) is 0 Å². The molecule has 0 aliphatic rings. The zero-order chi connectivity index (χ0) is 12.5. The summed E-state index contributed by atoms with van der Waals surface area (Å²) in [6.45, 7) is 5.08. The molecule has 1 rings (SSSR count). The Morgan fingerprint density at radius 2 is 2.00 bits per heavy atom. The lowest BCUT2D eigenvalue weighted by atomic mass is 10.3. The summed E-state index contributed by atoms with van der Waals surface area (Å²) in [6, 6.07) is 9.69. The van der Waals surface area contributed by atoms with Crippen LogP contribution < -0.4 is 15.4 Å². The SMILES string of the molecule is CC(C)NC(=O)NCCCOc1ccccc1. The number of hydrogen-bond acceptors (Lipinski definition) is 2. The Balaban J connectivity index is 2.03. The van der Waals surface area contributed by atoms with Crippen LogP contribution in [0.1, 0.15) is 20.3 Å². The third-order valence-corrected chi connectivity index (χ3v) is 2.04. The lowest BCUT2D eigenvalue weighted by molar-refractivity contribution is 0.237. The maximum absolute atomic E-state index is 11.2. The van der Waals surface area contributed by atoms with E-state index in [1.165, 1.54) is 0 Å². The molecule has 2 amide bonds. The molecule has 4 heteroatoms. The van der Waals surface area contributed by atoms with Crippen molar-refractivity contribution in [1.29, 1.82) is 0 Å². The minimum absolute atomic E-state index is 0.125. The molecule has 1 aromatic carbocycles. The second-order valence-corrected chi connectivity index (χ2v) is 4.07. The van der Waals surface area contributed by atoms with Gasteiger partial charge in [0.2, 0.25) is 0 Å². The van der Waals surface area contributed by atoms with Gasteiger partial charge in [-0.1, -0.05) is 18.2 Å². The van der Waals surface area contributed by atoms with Crippen LogP contribution in [0.4, 0.5) is 4.79 Å². The molecule has 0 heterocycles. The predicted octanol–water partition coefficient (Wildman–Crippen LogP) is 2.16. The fourth-order valence-corrected chi connectivity index (χ4v) is 1.29. The van der Waals surface area contributed by atoms with Gasteiger partial charge in [-0.15, -0.1) is 0 Å². The van der Waals surface area contributed by atoms with Crippen LogP contribution in [0.2, 0.25) is 0 Å². The molecule has 0 aliphatic heterocycles. The largest absolute Gasteiger partial charge is 0.494 e. The number of carbonyl (C=O) groups is 1. The minimum Gasteiger partial charge on any atom is -0.494 e. The number of para-hydroxylation sites is 1. The normalized spacial score (nSPS) is 10.1. The zero-order valence-electron chi connectivity index (χ0n) is 10.4. The Hall–Kier alpha value is -1.71. The molecular weight excluding hydrogens is 216 g/mol. The standard InChI is InChI=1S/C13H20N2O2/c1-11(2)15-13(16)14-9-6-10-17-12-7-4-3-5-8-12/h3-5,7-8,11H,6,9-10H2,1-2H3,(H2,14,15,16). The van der Waals surface area contributed by atoms with E-state index in [1.54, 1.807) is 0 Å². The summed E-state index contributed by atoms with van der Waals surface area (Å²) < 4.78 is 5.50. The Bertz CT molecular complexity index is 325. The highest BCUT2D eigenvalue weighted by atomic mass is 16.5. The minimum atomic E-state index is -0.125. The average molecular weight is 236 g/mol. The van der Waals surface area contributed by atoms with Gasteiger partial charge < -0.3 is 15.4 Å². The number of ether oxygens (including phenoxy) is 1. The van der Waals surface area contributed by atoms with Crippen LogP contribution >= 0.6 is 0 Å². The van der Waals surface area contributed by atoms with Crippen molar-refractivity contribution in [2.75, 3.05) is 13.2 Å². The fourth-order valence-electron chi connectivity index (χ4n) is 1.29. The maximum Gasteiger partial charge on any atom is 0.314 e. The number of benzene rings is 1. The van der Waals surface area contributed by atoms with Crippen LogP contribution in [0.3, 0.4) is 0 Å². The molecule has 0 spiro atoms. The quantitative estimate of drug-likeness (QED) is 0.744. The molecule has 94 valence electrons. The van der Waals surface area contributed by atoms with E-state index in [1.807, 2.05) is 44.2 Å². The van der Waals surface area contributed by atoms with Gasteiger partial charge in [0.1, 0.15) is 5.75 Å². The van der Waals surface area contributed by atoms with Gasteiger partial charge in [0.05, 0.1) is 6.61 Å². The number of hydrogen-bond donors (Lipinski definition) is 2. The van der Waals surface area contributed by atoms with Gasteiger partial charge in [-0.05, 0) is 32.4 Å². The highest BCUT2D eigenvalue weighted by Gasteiger charge is 2.00. The fraction of sp³-hybridized carbons (Fsp3) is 0.462. The van der Waals surface area contributed by atoms with E-state index in [9.17, 15) is 4.79 Å². The molecule has 0 saturated carbocycles. The monoisotopic (exact) mass is 236 g/mol. The van der Waals surface area contributed by atoms with E-state index in [0.717, 1.165) is 12.2 Å². The van der Waals surface area contributed by atoms with Crippen molar-refractivity contribution in [2.45, 2.75) is 26.3 Å². The van der Waals surface area contributed by atoms with Crippen LogP contribution in [0.25, 0.3) is 0 Å². The van der Waals surface area contributed by atoms with E-state index in [2.05, 4.69) is 10.6 Å². The highest BCUT2D eigenvalue weighted by molar-refractivity contribution is 5.73. The summed E-state index contributed by atoms with van der Waals surface area (Å²) in [7, 11) is 0. The lowest BCUT2D eigenvalue weighted by Crippen LogP contribution is -2.40. The molecule has 17 heavy (non-hydrogen) atoms. The topological polar surface area (TPSA) is 50.4 Å². The summed E-state index contributed by atoms with van der Waals surface area (Å²) in [4.78, 5) is 11.2. The summed E-state index contributed by atoms with van der Waals surface area (Å²) in [5, 5.41) is 5.53. The van der Waals surface area contributed by atoms with Gasteiger partial charge in [0, 0.05) is 12.6 Å². The van der Waals surface area contributed by atoms with Crippen LogP contribution in [0, 0.1) is 0 Å². The number of carbonyl (C=O) groups excluding carboxylic acids is 1. The molecule has 0 aromatic heterocycles. The van der Waals surface area contributed by atoms with Crippen molar-refractivity contribution in [3.05, 3.63) is 30.3 Å². The molecule has 0 bridgehead atoms. The number of nitrogens with one attached hydrogen (secondary N) is 2. The number of rotatable bonds is 6. The number of amides is 2. The molecule has 2 N–H and O–H groups in total. The third kappa shape index (κ3) is 6.45. The van der Waals surface area contributed by atoms with E-state index in [4.69, 9.17) is 4.74 Å². The predicted molar refractivity (Wildman–Crippen MR) is 68.2 cm³/mol. The van der Waals surface area contributed by atoms with Crippen molar-refractivity contribution < 1.29 is 9.53 Å². The molecule has 0 unspecified atom stereocenters. The first-order valence-corrected chi connectivity index (χ1v) is 5.90. The summed E-state index contributed by atoms with van der Waals surface area (Å²) >= 11 is 0.